The van der Waals surface area contributed by atoms with Gasteiger partial charge in [-0.2, -0.15) is 0 Å². The van der Waals surface area contributed by atoms with E-state index < -0.39 is 10.0 Å². The van der Waals surface area contributed by atoms with Crippen LogP contribution in [0.15, 0.2) is 53.4 Å². The van der Waals surface area contributed by atoms with Gasteiger partial charge in [-0.15, -0.1) is 0 Å². The zero-order chi connectivity index (χ0) is 17.3. The first-order valence-electron chi connectivity index (χ1n) is 7.50. The van der Waals surface area contributed by atoms with Crippen molar-refractivity contribution in [1.29, 1.82) is 0 Å². The Labute approximate surface area is 139 Å². The Morgan fingerprint density at radius 1 is 0.957 bits per heavy atom. The first kappa shape index (κ1) is 17.3. The summed E-state index contributed by atoms with van der Waals surface area (Å²) >= 11 is 0. The van der Waals surface area contributed by atoms with E-state index in [1.165, 1.54) is 0 Å². The molecule has 0 fully saturated rings. The van der Waals surface area contributed by atoms with Gasteiger partial charge in [0.25, 0.3) is 10.0 Å². The highest BCUT2D eigenvalue weighted by Gasteiger charge is 2.17. The molecule has 0 unspecified atom stereocenters. The molecule has 0 bridgehead atoms. The van der Waals surface area contributed by atoms with Crippen LogP contribution in [-0.2, 0) is 15.4 Å². The number of rotatable bonds is 4. The lowest BCUT2D eigenvalue weighted by Crippen LogP contribution is -2.15. The van der Waals surface area contributed by atoms with Crippen molar-refractivity contribution in [2.24, 2.45) is 0 Å². The maximum atomic E-state index is 12.5. The first-order chi connectivity index (χ1) is 10.6. The second kappa shape index (κ2) is 6.24. The lowest BCUT2D eigenvalue weighted by atomic mass is 9.87. The minimum atomic E-state index is -3.59. The van der Waals surface area contributed by atoms with Gasteiger partial charge in [0, 0.05) is 19.8 Å². The maximum Gasteiger partial charge on any atom is 0.261 e. The number of benzene rings is 2. The van der Waals surface area contributed by atoms with Crippen molar-refractivity contribution in [3.63, 3.8) is 0 Å². The minimum Gasteiger partial charge on any atom is -0.378 e. The molecule has 0 saturated carbocycles. The summed E-state index contributed by atoms with van der Waals surface area (Å²) < 4.78 is 27.7. The molecule has 0 aliphatic heterocycles. The molecule has 0 aliphatic rings. The van der Waals surface area contributed by atoms with E-state index in [0.29, 0.717) is 5.69 Å². The monoisotopic (exact) mass is 332 g/mol. The van der Waals surface area contributed by atoms with Gasteiger partial charge in [0.1, 0.15) is 0 Å². The highest BCUT2D eigenvalue weighted by atomic mass is 32.2. The van der Waals surface area contributed by atoms with Crippen LogP contribution in [0.1, 0.15) is 26.3 Å². The lowest BCUT2D eigenvalue weighted by molar-refractivity contribution is 0.587. The molecule has 5 heteroatoms. The van der Waals surface area contributed by atoms with Crippen LogP contribution in [0, 0.1) is 0 Å². The molecule has 1 N–H and O–H groups in total. The SMILES string of the molecule is CN(C)c1cccc(NS(=O)(=O)c2ccc(C(C)(C)C)cc2)c1. The molecular formula is C18H24N2O2S. The van der Waals surface area contributed by atoms with Crippen LogP contribution in [0.3, 0.4) is 0 Å². The molecule has 2 aromatic carbocycles. The number of anilines is 2. The molecule has 0 saturated heterocycles. The summed E-state index contributed by atoms with van der Waals surface area (Å²) in [4.78, 5) is 2.19. The van der Waals surface area contributed by atoms with Crippen molar-refractivity contribution in [2.45, 2.75) is 31.1 Å². The zero-order valence-corrected chi connectivity index (χ0v) is 15.1. The molecule has 0 amide bonds. The number of sulfonamides is 1. The van der Waals surface area contributed by atoms with Crippen LogP contribution in [0.2, 0.25) is 0 Å². The molecule has 0 heterocycles. The molecule has 4 nitrogen and oxygen atoms in total. The number of nitrogens with one attached hydrogen (secondary N) is 1. The summed E-state index contributed by atoms with van der Waals surface area (Å²) in [6.07, 6.45) is 0. The van der Waals surface area contributed by atoms with Crippen LogP contribution in [0.4, 0.5) is 11.4 Å². The van der Waals surface area contributed by atoms with Crippen molar-refractivity contribution < 1.29 is 8.42 Å². The fraction of sp³-hybridized carbons (Fsp3) is 0.333. The van der Waals surface area contributed by atoms with Crippen molar-refractivity contribution in [3.05, 3.63) is 54.1 Å². The second-order valence-corrected chi connectivity index (χ2v) is 8.51. The van der Waals surface area contributed by atoms with Crippen molar-refractivity contribution in [1.82, 2.24) is 0 Å². The van der Waals surface area contributed by atoms with Gasteiger partial charge in [0.2, 0.25) is 0 Å². The Morgan fingerprint density at radius 2 is 1.57 bits per heavy atom. The van der Waals surface area contributed by atoms with Crippen LogP contribution < -0.4 is 9.62 Å². The van der Waals surface area contributed by atoms with Gasteiger partial charge in [0.05, 0.1) is 10.6 Å². The lowest BCUT2D eigenvalue weighted by Gasteiger charge is -2.19. The van der Waals surface area contributed by atoms with E-state index >= 15 is 0 Å². The smallest absolute Gasteiger partial charge is 0.261 e. The van der Waals surface area contributed by atoms with Crippen LogP contribution >= 0.6 is 0 Å². The summed E-state index contributed by atoms with van der Waals surface area (Å²) in [6, 6.07) is 14.3. The van der Waals surface area contributed by atoms with Gasteiger partial charge in [0.15, 0.2) is 0 Å². The normalized spacial score (nSPS) is 12.0. The van der Waals surface area contributed by atoms with Gasteiger partial charge in [-0.25, -0.2) is 8.42 Å². The van der Waals surface area contributed by atoms with E-state index in [9.17, 15) is 8.42 Å². The Morgan fingerprint density at radius 3 is 2.09 bits per heavy atom. The highest BCUT2D eigenvalue weighted by Crippen LogP contribution is 2.25. The second-order valence-electron chi connectivity index (χ2n) is 6.82. The zero-order valence-electron chi connectivity index (χ0n) is 14.3. The third-order valence-corrected chi connectivity index (χ3v) is 5.04. The van der Waals surface area contributed by atoms with E-state index in [0.717, 1.165) is 11.3 Å². The third kappa shape index (κ3) is 4.26. The molecule has 124 valence electrons. The van der Waals surface area contributed by atoms with E-state index in [2.05, 4.69) is 25.5 Å². The molecule has 0 radical (unpaired) electrons. The first-order valence-corrected chi connectivity index (χ1v) is 8.99. The standard InChI is InChI=1S/C18H24N2O2S/c1-18(2,3)14-9-11-17(12-10-14)23(21,22)19-15-7-6-8-16(13-15)20(4)5/h6-13,19H,1-5H3. The molecule has 0 aliphatic carbocycles. The molecule has 0 spiro atoms. The van der Waals surface area contributed by atoms with Gasteiger partial charge < -0.3 is 4.90 Å². The van der Waals surface area contributed by atoms with Gasteiger partial charge in [-0.1, -0.05) is 39.0 Å². The fourth-order valence-corrected chi connectivity index (χ4v) is 3.25. The number of hydrogen-bond donors (Lipinski definition) is 1. The maximum absolute atomic E-state index is 12.5. The van der Waals surface area contributed by atoms with Crippen LogP contribution in [0.25, 0.3) is 0 Å². The van der Waals surface area contributed by atoms with Gasteiger partial charge in [-0.05, 0) is 41.3 Å². The van der Waals surface area contributed by atoms with Crippen molar-refractivity contribution in [2.75, 3.05) is 23.7 Å². The Bertz CT molecular complexity index is 773. The molecule has 2 rings (SSSR count). The summed E-state index contributed by atoms with van der Waals surface area (Å²) in [7, 11) is 0.244. The minimum absolute atomic E-state index is 0.00420. The highest BCUT2D eigenvalue weighted by molar-refractivity contribution is 7.92. The fourth-order valence-electron chi connectivity index (χ4n) is 2.20. The molecular weight excluding hydrogens is 308 g/mol. The number of hydrogen-bond acceptors (Lipinski definition) is 3. The van der Waals surface area contributed by atoms with Gasteiger partial charge >= 0.3 is 0 Å². The van der Waals surface area contributed by atoms with E-state index in [-0.39, 0.29) is 10.3 Å². The quantitative estimate of drug-likeness (QED) is 0.925. The molecule has 0 aromatic heterocycles. The predicted octanol–water partition coefficient (Wildman–Crippen LogP) is 3.85. The topological polar surface area (TPSA) is 49.4 Å². The Kier molecular flexibility index (Phi) is 4.71. The molecule has 0 atom stereocenters. The van der Waals surface area contributed by atoms with Crippen molar-refractivity contribution in [3.8, 4) is 0 Å². The molecule has 23 heavy (non-hydrogen) atoms. The Balaban J connectivity index is 2.27. The molecule has 2 aromatic rings. The summed E-state index contributed by atoms with van der Waals surface area (Å²) in [5.74, 6) is 0. The number of nitrogens with zero attached hydrogens (tertiary/aromatic N) is 1. The summed E-state index contributed by atoms with van der Waals surface area (Å²) in [5, 5.41) is 0. The van der Waals surface area contributed by atoms with E-state index in [4.69, 9.17) is 0 Å². The summed E-state index contributed by atoms with van der Waals surface area (Å²) in [6.45, 7) is 6.30. The van der Waals surface area contributed by atoms with Crippen LogP contribution in [0.5, 0.6) is 0 Å². The predicted molar refractivity (Wildman–Crippen MR) is 96.7 cm³/mol. The van der Waals surface area contributed by atoms with Crippen molar-refractivity contribution >= 4 is 21.4 Å². The van der Waals surface area contributed by atoms with Crippen LogP contribution in [-0.4, -0.2) is 22.5 Å². The third-order valence-electron chi connectivity index (χ3n) is 3.65. The Hall–Kier alpha value is -2.01. The summed E-state index contributed by atoms with van der Waals surface area (Å²) in [5.41, 5.74) is 2.59. The average molecular weight is 332 g/mol. The average Bonchev–Trinajstić information content (AvgIpc) is 2.46. The van der Waals surface area contributed by atoms with E-state index in [1.807, 2.05) is 43.3 Å². The van der Waals surface area contributed by atoms with E-state index in [1.54, 1.807) is 24.3 Å². The van der Waals surface area contributed by atoms with Gasteiger partial charge in [-0.3, -0.25) is 4.72 Å². The largest absolute Gasteiger partial charge is 0.378 e.